The molecule has 1 fully saturated rings. The molecule has 2 rings (SSSR count). The van der Waals surface area contributed by atoms with E-state index in [1.807, 2.05) is 30.3 Å². The van der Waals surface area contributed by atoms with Crippen LogP contribution in [-0.2, 0) is 11.3 Å². The topological polar surface area (TPSA) is 41.5 Å². The number of rotatable bonds is 4. The molecule has 3 nitrogen and oxygen atoms in total. The lowest BCUT2D eigenvalue weighted by atomic mass is 10.2. The van der Waals surface area contributed by atoms with Crippen LogP contribution in [0, 0.1) is 0 Å². The van der Waals surface area contributed by atoms with E-state index < -0.39 is 0 Å². The van der Waals surface area contributed by atoms with Gasteiger partial charge in [0.05, 0.1) is 25.4 Å². The third-order valence-electron chi connectivity index (χ3n) is 2.72. The molecule has 0 amide bonds. The monoisotopic (exact) mass is 207 g/mol. The van der Waals surface area contributed by atoms with Crippen LogP contribution >= 0.6 is 0 Å². The lowest BCUT2D eigenvalue weighted by Gasteiger charge is -2.14. The highest BCUT2D eigenvalue weighted by atomic mass is 16.5. The van der Waals surface area contributed by atoms with E-state index in [-0.39, 0.29) is 12.1 Å². The highest BCUT2D eigenvalue weighted by molar-refractivity contribution is 5.13. The fraction of sp³-hybridized carbons (Fsp3) is 0.500. The molecule has 0 saturated carbocycles. The summed E-state index contributed by atoms with van der Waals surface area (Å²) in [6.45, 7) is 2.09. The maximum absolute atomic E-state index is 9.54. The predicted molar refractivity (Wildman–Crippen MR) is 58.5 cm³/mol. The van der Waals surface area contributed by atoms with Gasteiger partial charge < -0.3 is 15.2 Å². The summed E-state index contributed by atoms with van der Waals surface area (Å²) in [5.74, 6) is 0. The molecule has 0 radical (unpaired) electrons. The highest BCUT2D eigenvalue weighted by Crippen LogP contribution is 2.08. The van der Waals surface area contributed by atoms with Crippen LogP contribution in [0.4, 0.5) is 0 Å². The van der Waals surface area contributed by atoms with Crippen LogP contribution in [-0.4, -0.2) is 30.4 Å². The number of hydrogen-bond acceptors (Lipinski definition) is 3. The number of aliphatic hydroxyl groups is 1. The van der Waals surface area contributed by atoms with Crippen molar-refractivity contribution in [2.75, 3.05) is 13.2 Å². The van der Waals surface area contributed by atoms with Gasteiger partial charge in [-0.2, -0.15) is 0 Å². The van der Waals surface area contributed by atoms with Gasteiger partial charge in [-0.3, -0.25) is 0 Å². The second kappa shape index (κ2) is 5.26. The standard InChI is InChI=1S/C12H17NO2/c14-12-6-7-13-11(12)9-15-8-10-4-2-1-3-5-10/h1-5,11-14H,6-9H2/t11-,12-/m1/s1. The van der Waals surface area contributed by atoms with Crippen molar-refractivity contribution in [1.82, 2.24) is 5.32 Å². The van der Waals surface area contributed by atoms with Gasteiger partial charge >= 0.3 is 0 Å². The van der Waals surface area contributed by atoms with Gasteiger partial charge in [-0.25, -0.2) is 0 Å². The highest BCUT2D eigenvalue weighted by Gasteiger charge is 2.24. The average molecular weight is 207 g/mol. The van der Waals surface area contributed by atoms with Gasteiger partial charge in [0.2, 0.25) is 0 Å². The third kappa shape index (κ3) is 3.02. The third-order valence-corrected chi connectivity index (χ3v) is 2.72. The number of ether oxygens (including phenoxy) is 1. The Balaban J connectivity index is 1.71. The largest absolute Gasteiger partial charge is 0.391 e. The second-order valence-corrected chi connectivity index (χ2v) is 3.92. The lowest BCUT2D eigenvalue weighted by molar-refractivity contribution is 0.0604. The lowest BCUT2D eigenvalue weighted by Crippen LogP contribution is -2.34. The van der Waals surface area contributed by atoms with Gasteiger partial charge in [0.1, 0.15) is 0 Å². The van der Waals surface area contributed by atoms with Gasteiger partial charge in [-0.15, -0.1) is 0 Å². The summed E-state index contributed by atoms with van der Waals surface area (Å²) in [4.78, 5) is 0. The molecule has 1 aliphatic rings. The Hall–Kier alpha value is -0.900. The first kappa shape index (κ1) is 10.6. The summed E-state index contributed by atoms with van der Waals surface area (Å²) in [6, 6.07) is 10.2. The zero-order valence-electron chi connectivity index (χ0n) is 8.73. The van der Waals surface area contributed by atoms with Crippen molar-refractivity contribution in [2.24, 2.45) is 0 Å². The Bertz CT molecular complexity index is 289. The van der Waals surface area contributed by atoms with E-state index in [0.29, 0.717) is 13.2 Å². The zero-order chi connectivity index (χ0) is 10.5. The first-order valence-electron chi connectivity index (χ1n) is 5.39. The minimum absolute atomic E-state index is 0.105. The minimum atomic E-state index is -0.249. The fourth-order valence-electron chi connectivity index (χ4n) is 1.80. The molecule has 0 spiro atoms. The van der Waals surface area contributed by atoms with Crippen LogP contribution in [0.1, 0.15) is 12.0 Å². The van der Waals surface area contributed by atoms with Crippen LogP contribution in [0.25, 0.3) is 0 Å². The quantitative estimate of drug-likeness (QED) is 0.771. The summed E-state index contributed by atoms with van der Waals surface area (Å²) >= 11 is 0. The molecule has 2 N–H and O–H groups in total. The fourth-order valence-corrected chi connectivity index (χ4v) is 1.80. The first-order chi connectivity index (χ1) is 7.36. The van der Waals surface area contributed by atoms with Crippen LogP contribution in [0.2, 0.25) is 0 Å². The van der Waals surface area contributed by atoms with E-state index in [1.54, 1.807) is 0 Å². The van der Waals surface area contributed by atoms with Crippen molar-refractivity contribution in [3.8, 4) is 0 Å². The normalized spacial score (nSPS) is 25.7. The number of benzene rings is 1. The molecule has 15 heavy (non-hydrogen) atoms. The Morgan fingerprint density at radius 2 is 2.13 bits per heavy atom. The van der Waals surface area contributed by atoms with Gasteiger partial charge in [0.15, 0.2) is 0 Å². The number of aliphatic hydroxyl groups excluding tert-OH is 1. The summed E-state index contributed by atoms with van der Waals surface area (Å²) in [7, 11) is 0. The molecule has 1 heterocycles. The molecule has 1 aliphatic heterocycles. The van der Waals surface area contributed by atoms with Crippen molar-refractivity contribution >= 4 is 0 Å². The Morgan fingerprint density at radius 3 is 2.80 bits per heavy atom. The predicted octanol–water partition coefficient (Wildman–Crippen LogP) is 0.926. The van der Waals surface area contributed by atoms with Crippen LogP contribution in [0.15, 0.2) is 30.3 Å². The molecule has 0 aliphatic carbocycles. The maximum atomic E-state index is 9.54. The van der Waals surface area contributed by atoms with Gasteiger partial charge in [0, 0.05) is 0 Å². The molecule has 0 aromatic heterocycles. The number of hydrogen-bond donors (Lipinski definition) is 2. The molecular formula is C12H17NO2. The minimum Gasteiger partial charge on any atom is -0.391 e. The Labute approximate surface area is 90.1 Å². The molecule has 1 aromatic carbocycles. The second-order valence-electron chi connectivity index (χ2n) is 3.92. The van der Waals surface area contributed by atoms with Crippen molar-refractivity contribution in [1.29, 1.82) is 0 Å². The summed E-state index contributed by atoms with van der Waals surface area (Å²) < 4.78 is 5.55. The van der Waals surface area contributed by atoms with Gasteiger partial charge in [-0.1, -0.05) is 30.3 Å². The van der Waals surface area contributed by atoms with E-state index in [2.05, 4.69) is 5.32 Å². The summed E-state index contributed by atoms with van der Waals surface area (Å²) in [6.07, 6.45) is 0.583. The van der Waals surface area contributed by atoms with E-state index in [4.69, 9.17) is 4.74 Å². The molecule has 0 unspecified atom stereocenters. The van der Waals surface area contributed by atoms with Crippen LogP contribution in [0.5, 0.6) is 0 Å². The molecule has 2 atom stereocenters. The average Bonchev–Trinajstić information content (AvgIpc) is 2.66. The van der Waals surface area contributed by atoms with Crippen molar-refractivity contribution < 1.29 is 9.84 Å². The molecule has 1 aromatic rings. The van der Waals surface area contributed by atoms with Crippen LogP contribution in [0.3, 0.4) is 0 Å². The van der Waals surface area contributed by atoms with Gasteiger partial charge in [0.25, 0.3) is 0 Å². The van der Waals surface area contributed by atoms with Crippen molar-refractivity contribution in [3.63, 3.8) is 0 Å². The molecule has 3 heteroatoms. The molecule has 1 saturated heterocycles. The Kier molecular flexibility index (Phi) is 3.72. The summed E-state index contributed by atoms with van der Waals surface area (Å²) in [5, 5.41) is 12.8. The summed E-state index contributed by atoms with van der Waals surface area (Å²) in [5.41, 5.74) is 1.17. The van der Waals surface area contributed by atoms with E-state index in [9.17, 15) is 5.11 Å². The van der Waals surface area contributed by atoms with Crippen molar-refractivity contribution in [2.45, 2.75) is 25.2 Å². The zero-order valence-corrected chi connectivity index (χ0v) is 8.73. The van der Waals surface area contributed by atoms with E-state index in [0.717, 1.165) is 13.0 Å². The molecular weight excluding hydrogens is 190 g/mol. The van der Waals surface area contributed by atoms with Gasteiger partial charge in [-0.05, 0) is 18.5 Å². The van der Waals surface area contributed by atoms with Crippen molar-refractivity contribution in [3.05, 3.63) is 35.9 Å². The Morgan fingerprint density at radius 1 is 1.33 bits per heavy atom. The van der Waals surface area contributed by atoms with E-state index >= 15 is 0 Å². The smallest absolute Gasteiger partial charge is 0.0727 e. The molecule has 82 valence electrons. The number of nitrogens with one attached hydrogen (secondary N) is 1. The van der Waals surface area contributed by atoms with E-state index in [1.165, 1.54) is 5.56 Å². The maximum Gasteiger partial charge on any atom is 0.0727 e. The molecule has 0 bridgehead atoms. The SMILES string of the molecule is O[C@@H]1CCN[C@@H]1COCc1ccccc1. The first-order valence-corrected chi connectivity index (χ1v) is 5.39. The van der Waals surface area contributed by atoms with Crippen LogP contribution < -0.4 is 5.32 Å².